The first-order valence-corrected chi connectivity index (χ1v) is 6.17. The molecule has 1 heterocycles. The summed E-state index contributed by atoms with van der Waals surface area (Å²) in [7, 11) is 0. The van der Waals surface area contributed by atoms with Crippen LogP contribution in [-0.4, -0.2) is 23.3 Å². The van der Waals surface area contributed by atoms with Crippen molar-refractivity contribution in [1.29, 1.82) is 0 Å². The van der Waals surface area contributed by atoms with Crippen LogP contribution in [0.4, 0.5) is 0 Å². The molecule has 0 spiro atoms. The van der Waals surface area contributed by atoms with Gasteiger partial charge in [0.1, 0.15) is 0 Å². The minimum atomic E-state index is -0.678. The average Bonchev–Trinajstić information content (AvgIpc) is 2.11. The molecule has 3 nitrogen and oxygen atoms in total. The first-order chi connectivity index (χ1) is 7.32. The average molecular weight is 228 g/mol. The molecule has 0 aromatic carbocycles. The second-order valence-corrected chi connectivity index (χ2v) is 5.87. The highest BCUT2D eigenvalue weighted by Gasteiger charge is 2.35. The Morgan fingerprint density at radius 2 is 2.12 bits per heavy atom. The summed E-state index contributed by atoms with van der Waals surface area (Å²) in [6.07, 6.45) is 2.26. The fourth-order valence-corrected chi connectivity index (χ4v) is 2.79. The highest BCUT2D eigenvalue weighted by molar-refractivity contribution is 5.67. The van der Waals surface area contributed by atoms with E-state index in [1.165, 1.54) is 0 Å². The zero-order valence-electron chi connectivity index (χ0n) is 10.8. The Bertz CT molecular complexity index is 246. The number of carboxylic acids is 1. The van der Waals surface area contributed by atoms with E-state index in [-0.39, 0.29) is 11.5 Å². The molecule has 3 heteroatoms. The van der Waals surface area contributed by atoms with Crippen LogP contribution in [0.5, 0.6) is 0 Å². The number of ether oxygens (including phenoxy) is 1. The molecule has 0 radical (unpaired) electrons. The van der Waals surface area contributed by atoms with Gasteiger partial charge in [0.2, 0.25) is 0 Å². The van der Waals surface area contributed by atoms with Crippen molar-refractivity contribution in [1.82, 2.24) is 0 Å². The highest BCUT2D eigenvalue weighted by atomic mass is 16.5. The lowest BCUT2D eigenvalue weighted by Gasteiger charge is -2.40. The first kappa shape index (κ1) is 13.5. The second-order valence-electron chi connectivity index (χ2n) is 5.87. The van der Waals surface area contributed by atoms with Crippen molar-refractivity contribution in [2.24, 2.45) is 17.8 Å². The van der Waals surface area contributed by atoms with E-state index >= 15 is 0 Å². The number of hydrogen-bond donors (Lipinski definition) is 1. The lowest BCUT2D eigenvalue weighted by molar-refractivity contribution is -0.141. The number of aliphatic carboxylic acids is 1. The van der Waals surface area contributed by atoms with Gasteiger partial charge in [-0.15, -0.1) is 0 Å². The fourth-order valence-electron chi connectivity index (χ4n) is 2.79. The highest BCUT2D eigenvalue weighted by Crippen LogP contribution is 2.37. The van der Waals surface area contributed by atoms with Gasteiger partial charge in [-0.3, -0.25) is 4.79 Å². The molecule has 0 aromatic rings. The van der Waals surface area contributed by atoms with Crippen LogP contribution in [0.3, 0.4) is 0 Å². The molecule has 1 rings (SSSR count). The van der Waals surface area contributed by atoms with E-state index in [0.29, 0.717) is 18.3 Å². The van der Waals surface area contributed by atoms with E-state index < -0.39 is 5.97 Å². The molecular formula is C13H24O3. The predicted octanol–water partition coefficient (Wildman–Crippen LogP) is 2.94. The molecule has 1 fully saturated rings. The van der Waals surface area contributed by atoms with Crippen LogP contribution in [-0.2, 0) is 9.53 Å². The molecule has 0 amide bonds. The summed E-state index contributed by atoms with van der Waals surface area (Å²) in [6, 6.07) is 0. The number of carboxylic acid groups (broad SMARTS) is 1. The molecule has 0 aromatic heterocycles. The number of rotatable bonds is 4. The zero-order valence-corrected chi connectivity index (χ0v) is 10.8. The third kappa shape index (κ3) is 3.78. The molecule has 1 aliphatic heterocycles. The third-order valence-electron chi connectivity index (χ3n) is 3.61. The quantitative estimate of drug-likeness (QED) is 0.804. The minimum Gasteiger partial charge on any atom is -0.481 e. The van der Waals surface area contributed by atoms with Crippen LogP contribution in [0.15, 0.2) is 0 Å². The predicted molar refractivity (Wildman–Crippen MR) is 63.3 cm³/mol. The maximum atomic E-state index is 10.9. The van der Waals surface area contributed by atoms with Crippen molar-refractivity contribution >= 4 is 5.97 Å². The van der Waals surface area contributed by atoms with Crippen molar-refractivity contribution in [3.8, 4) is 0 Å². The minimum absolute atomic E-state index is 0.0887. The van der Waals surface area contributed by atoms with Crippen LogP contribution in [0.2, 0.25) is 0 Å². The molecule has 0 saturated carbocycles. The van der Waals surface area contributed by atoms with E-state index in [2.05, 4.69) is 27.7 Å². The van der Waals surface area contributed by atoms with Crippen molar-refractivity contribution in [2.75, 3.05) is 6.61 Å². The third-order valence-corrected chi connectivity index (χ3v) is 3.61. The van der Waals surface area contributed by atoms with Crippen LogP contribution < -0.4 is 0 Å². The largest absolute Gasteiger partial charge is 0.481 e. The van der Waals surface area contributed by atoms with E-state index in [1.54, 1.807) is 0 Å². The molecule has 94 valence electrons. The van der Waals surface area contributed by atoms with Gasteiger partial charge in [-0.1, -0.05) is 13.8 Å². The Labute approximate surface area is 98.2 Å². The maximum Gasteiger partial charge on any atom is 0.303 e. The summed E-state index contributed by atoms with van der Waals surface area (Å²) in [4.78, 5) is 10.9. The van der Waals surface area contributed by atoms with Crippen molar-refractivity contribution in [3.63, 3.8) is 0 Å². The summed E-state index contributed by atoms with van der Waals surface area (Å²) in [5.74, 6) is 0.513. The molecule has 1 aliphatic rings. The molecule has 2 atom stereocenters. The van der Waals surface area contributed by atoms with Gasteiger partial charge in [-0.2, -0.15) is 0 Å². The van der Waals surface area contributed by atoms with Gasteiger partial charge in [0, 0.05) is 13.0 Å². The smallest absolute Gasteiger partial charge is 0.303 e. The normalized spacial score (nSPS) is 26.7. The Hall–Kier alpha value is -0.570. The van der Waals surface area contributed by atoms with Gasteiger partial charge in [-0.05, 0) is 44.4 Å². The molecule has 0 bridgehead atoms. The van der Waals surface area contributed by atoms with E-state index in [4.69, 9.17) is 9.84 Å². The second kappa shape index (κ2) is 5.17. The van der Waals surface area contributed by atoms with E-state index in [1.807, 2.05) is 0 Å². The Morgan fingerprint density at radius 3 is 2.56 bits per heavy atom. The van der Waals surface area contributed by atoms with Crippen molar-refractivity contribution < 1.29 is 14.6 Å². The SMILES string of the molecule is CC(C)[C@@H](CC(=O)O)[C@@H]1CCOC(C)(C)C1. The van der Waals surface area contributed by atoms with Crippen LogP contribution in [0, 0.1) is 17.8 Å². The van der Waals surface area contributed by atoms with Crippen molar-refractivity contribution in [3.05, 3.63) is 0 Å². The first-order valence-electron chi connectivity index (χ1n) is 6.17. The standard InChI is InChI=1S/C13H24O3/c1-9(2)11(7-12(14)15)10-5-6-16-13(3,4)8-10/h9-11H,5-8H2,1-4H3,(H,14,15)/t10-,11-/m1/s1. The van der Waals surface area contributed by atoms with Crippen LogP contribution >= 0.6 is 0 Å². The maximum absolute atomic E-state index is 10.9. The van der Waals surface area contributed by atoms with Gasteiger partial charge in [0.25, 0.3) is 0 Å². The Balaban J connectivity index is 2.67. The molecule has 0 aliphatic carbocycles. The number of carbonyl (C=O) groups is 1. The Kier molecular flexibility index (Phi) is 4.36. The number of hydrogen-bond acceptors (Lipinski definition) is 2. The molecule has 16 heavy (non-hydrogen) atoms. The summed E-state index contributed by atoms with van der Waals surface area (Å²) >= 11 is 0. The molecule has 0 unspecified atom stereocenters. The van der Waals surface area contributed by atoms with Gasteiger partial charge in [-0.25, -0.2) is 0 Å². The van der Waals surface area contributed by atoms with Gasteiger partial charge >= 0.3 is 5.97 Å². The van der Waals surface area contributed by atoms with Gasteiger partial charge in [0.05, 0.1) is 5.60 Å². The van der Waals surface area contributed by atoms with Crippen molar-refractivity contribution in [2.45, 2.75) is 52.6 Å². The van der Waals surface area contributed by atoms with E-state index in [9.17, 15) is 4.79 Å². The summed E-state index contributed by atoms with van der Waals surface area (Å²) < 4.78 is 5.68. The summed E-state index contributed by atoms with van der Waals surface area (Å²) in [5.41, 5.74) is -0.0887. The van der Waals surface area contributed by atoms with Gasteiger partial charge < -0.3 is 9.84 Å². The van der Waals surface area contributed by atoms with Gasteiger partial charge in [0.15, 0.2) is 0 Å². The lowest BCUT2D eigenvalue weighted by Crippen LogP contribution is -2.38. The molecule has 1 N–H and O–H groups in total. The topological polar surface area (TPSA) is 46.5 Å². The monoisotopic (exact) mass is 228 g/mol. The van der Waals surface area contributed by atoms with Crippen LogP contribution in [0.1, 0.15) is 47.0 Å². The van der Waals surface area contributed by atoms with Crippen LogP contribution in [0.25, 0.3) is 0 Å². The summed E-state index contributed by atoms with van der Waals surface area (Å²) in [6.45, 7) is 9.20. The zero-order chi connectivity index (χ0) is 12.3. The lowest BCUT2D eigenvalue weighted by atomic mass is 9.73. The fraction of sp³-hybridized carbons (Fsp3) is 0.923. The summed E-state index contributed by atoms with van der Waals surface area (Å²) in [5, 5.41) is 8.96. The molecular weight excluding hydrogens is 204 g/mol. The molecule has 1 saturated heterocycles. The Morgan fingerprint density at radius 1 is 1.50 bits per heavy atom. The van der Waals surface area contributed by atoms with E-state index in [0.717, 1.165) is 19.4 Å².